The summed E-state index contributed by atoms with van der Waals surface area (Å²) in [6, 6.07) is 16.2. The number of carbonyl (C=O) groups is 2. The summed E-state index contributed by atoms with van der Waals surface area (Å²) in [6.45, 7) is 4.23. The van der Waals surface area contributed by atoms with E-state index < -0.39 is 17.6 Å². The number of carboxylic acids is 1. The van der Waals surface area contributed by atoms with Gasteiger partial charge in [0.1, 0.15) is 12.1 Å². The van der Waals surface area contributed by atoms with Crippen molar-refractivity contribution in [1.82, 2.24) is 5.32 Å². The zero-order valence-electron chi connectivity index (χ0n) is 16.2. The van der Waals surface area contributed by atoms with E-state index in [-0.39, 0.29) is 17.9 Å². The van der Waals surface area contributed by atoms with Crippen molar-refractivity contribution >= 4 is 12.1 Å². The second-order valence-electron chi connectivity index (χ2n) is 8.68. The van der Waals surface area contributed by atoms with Gasteiger partial charge in [0.2, 0.25) is 0 Å². The second kappa shape index (κ2) is 6.66. The summed E-state index contributed by atoms with van der Waals surface area (Å²) in [4.78, 5) is 24.4. The van der Waals surface area contributed by atoms with Crippen molar-refractivity contribution in [3.05, 3.63) is 59.7 Å². The van der Waals surface area contributed by atoms with Gasteiger partial charge in [-0.1, -0.05) is 62.4 Å². The zero-order chi connectivity index (χ0) is 19.9. The highest BCUT2D eigenvalue weighted by Gasteiger charge is 2.50. The van der Waals surface area contributed by atoms with Gasteiger partial charge in [-0.3, -0.25) is 0 Å². The van der Waals surface area contributed by atoms with Crippen molar-refractivity contribution < 1.29 is 19.4 Å². The van der Waals surface area contributed by atoms with E-state index in [1.54, 1.807) is 0 Å². The quantitative estimate of drug-likeness (QED) is 0.817. The number of carboxylic acid groups (broad SMARTS) is 1. The van der Waals surface area contributed by atoms with Gasteiger partial charge in [0.15, 0.2) is 0 Å². The Kier molecular flexibility index (Phi) is 4.41. The third-order valence-electron chi connectivity index (χ3n) is 6.10. The second-order valence-corrected chi connectivity index (χ2v) is 8.68. The van der Waals surface area contributed by atoms with Crippen molar-refractivity contribution in [1.29, 1.82) is 0 Å². The average Bonchev–Trinajstić information content (AvgIpc) is 3.15. The van der Waals surface area contributed by atoms with E-state index in [1.807, 2.05) is 38.1 Å². The molecule has 2 aromatic rings. The molecule has 2 aliphatic carbocycles. The standard InChI is InChI=1S/C23H25NO4/c1-22(2)11-12-23(14-22,20(25)26)24-21(27)28-13-19-17-9-5-3-7-15(17)16-8-4-6-10-18(16)19/h3-10,19H,11-14H2,1-2H3,(H,24,27)(H,25,26). The van der Waals surface area contributed by atoms with Gasteiger partial charge in [0.25, 0.3) is 0 Å². The lowest BCUT2D eigenvalue weighted by Crippen LogP contribution is -2.53. The number of hydrogen-bond donors (Lipinski definition) is 2. The summed E-state index contributed by atoms with van der Waals surface area (Å²) in [5.41, 5.74) is 3.22. The van der Waals surface area contributed by atoms with Crippen molar-refractivity contribution in [2.24, 2.45) is 5.41 Å². The minimum atomic E-state index is -1.24. The smallest absolute Gasteiger partial charge is 0.408 e. The SMILES string of the molecule is CC1(C)CCC(NC(=O)OCC2c3ccccc3-c3ccccc32)(C(=O)O)C1. The molecule has 0 radical (unpaired) electrons. The number of nitrogens with one attached hydrogen (secondary N) is 1. The van der Waals surface area contributed by atoms with E-state index in [1.165, 1.54) is 0 Å². The van der Waals surface area contributed by atoms with E-state index in [0.29, 0.717) is 12.8 Å². The maximum Gasteiger partial charge on any atom is 0.408 e. The highest BCUT2D eigenvalue weighted by Crippen LogP contribution is 2.45. The van der Waals surface area contributed by atoms with E-state index >= 15 is 0 Å². The van der Waals surface area contributed by atoms with Crippen LogP contribution in [0.4, 0.5) is 4.79 Å². The number of fused-ring (bicyclic) bond motifs is 3. The Morgan fingerprint density at radius 1 is 1.04 bits per heavy atom. The van der Waals surface area contributed by atoms with Gasteiger partial charge in [-0.2, -0.15) is 0 Å². The molecule has 0 heterocycles. The molecule has 2 aromatic carbocycles. The highest BCUT2D eigenvalue weighted by molar-refractivity contribution is 5.85. The van der Waals surface area contributed by atoms with E-state index in [9.17, 15) is 14.7 Å². The molecule has 146 valence electrons. The molecule has 2 aliphatic rings. The summed E-state index contributed by atoms with van der Waals surface area (Å²) < 4.78 is 5.53. The fourth-order valence-corrected chi connectivity index (χ4v) is 4.72. The van der Waals surface area contributed by atoms with Gasteiger partial charge in [-0.15, -0.1) is 0 Å². The van der Waals surface area contributed by atoms with Crippen LogP contribution in [0.1, 0.15) is 50.2 Å². The van der Waals surface area contributed by atoms with E-state index in [0.717, 1.165) is 28.7 Å². The molecule has 1 amide bonds. The maximum atomic E-state index is 12.5. The van der Waals surface area contributed by atoms with Gasteiger partial charge in [0.05, 0.1) is 0 Å². The fourth-order valence-electron chi connectivity index (χ4n) is 4.72. The lowest BCUT2D eigenvalue weighted by Gasteiger charge is -2.27. The lowest BCUT2D eigenvalue weighted by atomic mass is 9.88. The Labute approximate surface area is 164 Å². The number of rotatable bonds is 4. The number of carbonyl (C=O) groups excluding carboxylic acids is 1. The van der Waals surface area contributed by atoms with Gasteiger partial charge in [-0.05, 0) is 46.9 Å². The Morgan fingerprint density at radius 3 is 2.11 bits per heavy atom. The van der Waals surface area contributed by atoms with Crippen LogP contribution in [-0.2, 0) is 9.53 Å². The van der Waals surface area contributed by atoms with Crippen LogP contribution in [0.5, 0.6) is 0 Å². The average molecular weight is 379 g/mol. The van der Waals surface area contributed by atoms with Crippen LogP contribution in [0.3, 0.4) is 0 Å². The first-order valence-corrected chi connectivity index (χ1v) is 9.68. The van der Waals surface area contributed by atoms with Gasteiger partial charge >= 0.3 is 12.1 Å². The summed E-state index contributed by atoms with van der Waals surface area (Å²) in [6.07, 6.45) is 0.907. The molecule has 2 N–H and O–H groups in total. The number of amides is 1. The van der Waals surface area contributed by atoms with Crippen molar-refractivity contribution in [3.63, 3.8) is 0 Å². The molecule has 5 heteroatoms. The predicted octanol–water partition coefficient (Wildman–Crippen LogP) is 4.56. The van der Waals surface area contributed by atoms with E-state index in [4.69, 9.17) is 4.74 Å². The molecular weight excluding hydrogens is 354 g/mol. The molecule has 0 aromatic heterocycles. The van der Waals surface area contributed by atoms with Crippen molar-refractivity contribution in [2.75, 3.05) is 6.61 Å². The molecule has 1 atom stereocenters. The van der Waals surface area contributed by atoms with E-state index in [2.05, 4.69) is 29.6 Å². The van der Waals surface area contributed by atoms with Crippen molar-refractivity contribution in [3.8, 4) is 11.1 Å². The molecule has 1 unspecified atom stereocenters. The molecule has 0 bridgehead atoms. The fraction of sp³-hybridized carbons (Fsp3) is 0.391. The maximum absolute atomic E-state index is 12.5. The first-order valence-electron chi connectivity index (χ1n) is 9.68. The first-order chi connectivity index (χ1) is 13.3. The van der Waals surface area contributed by atoms with Gasteiger partial charge < -0.3 is 15.2 Å². The van der Waals surface area contributed by atoms with Gasteiger partial charge in [0, 0.05) is 5.92 Å². The van der Waals surface area contributed by atoms with Crippen LogP contribution in [0.25, 0.3) is 11.1 Å². The minimum Gasteiger partial charge on any atom is -0.480 e. The number of aliphatic carboxylic acids is 1. The van der Waals surface area contributed by atoms with Crippen molar-refractivity contribution in [2.45, 2.75) is 44.6 Å². The third kappa shape index (κ3) is 3.15. The molecule has 0 aliphatic heterocycles. The normalized spacial score (nSPS) is 22.4. The molecule has 1 fully saturated rings. The van der Waals surface area contributed by atoms with Crippen LogP contribution in [-0.4, -0.2) is 29.3 Å². The van der Waals surface area contributed by atoms with Crippen LogP contribution in [0.2, 0.25) is 0 Å². The van der Waals surface area contributed by atoms with Gasteiger partial charge in [-0.25, -0.2) is 9.59 Å². The highest BCUT2D eigenvalue weighted by atomic mass is 16.5. The number of ether oxygens (including phenoxy) is 1. The first kappa shape index (κ1) is 18.5. The molecule has 0 spiro atoms. The monoisotopic (exact) mass is 379 g/mol. The summed E-state index contributed by atoms with van der Waals surface area (Å²) in [5.74, 6) is -1.04. The molecule has 0 saturated heterocycles. The summed E-state index contributed by atoms with van der Waals surface area (Å²) in [7, 11) is 0. The Hall–Kier alpha value is -2.82. The zero-order valence-corrected chi connectivity index (χ0v) is 16.2. The van der Waals surface area contributed by atoms with Crippen LogP contribution >= 0.6 is 0 Å². The summed E-state index contributed by atoms with van der Waals surface area (Å²) >= 11 is 0. The molecular formula is C23H25NO4. The lowest BCUT2D eigenvalue weighted by molar-refractivity contribution is -0.144. The Morgan fingerprint density at radius 2 is 1.61 bits per heavy atom. The third-order valence-corrected chi connectivity index (χ3v) is 6.10. The predicted molar refractivity (Wildman–Crippen MR) is 106 cm³/mol. The number of alkyl carbamates (subject to hydrolysis) is 1. The number of benzene rings is 2. The number of hydrogen-bond acceptors (Lipinski definition) is 3. The molecule has 4 rings (SSSR count). The molecule has 1 saturated carbocycles. The molecule has 28 heavy (non-hydrogen) atoms. The molecule has 5 nitrogen and oxygen atoms in total. The van der Waals surface area contributed by atoms with Crippen LogP contribution in [0, 0.1) is 5.41 Å². The Bertz CT molecular complexity index is 890. The van der Waals surface area contributed by atoms with Crippen LogP contribution < -0.4 is 5.32 Å². The summed E-state index contributed by atoms with van der Waals surface area (Å²) in [5, 5.41) is 12.4. The topological polar surface area (TPSA) is 75.6 Å². The van der Waals surface area contributed by atoms with Crippen LogP contribution in [0.15, 0.2) is 48.5 Å². The largest absolute Gasteiger partial charge is 0.480 e. The minimum absolute atomic E-state index is 0.0426. The Balaban J connectivity index is 1.49.